The zero-order valence-corrected chi connectivity index (χ0v) is 17.7. The van der Waals surface area contributed by atoms with Crippen molar-refractivity contribution < 1.29 is 17.9 Å². The van der Waals surface area contributed by atoms with E-state index in [1.54, 1.807) is 29.5 Å². The average Bonchev–Trinajstić information content (AvgIpc) is 3.27. The fourth-order valence-electron chi connectivity index (χ4n) is 3.12. The molecule has 0 saturated carbocycles. The third-order valence-electron chi connectivity index (χ3n) is 4.64. The van der Waals surface area contributed by atoms with Crippen LogP contribution in [0, 0.1) is 0 Å². The van der Waals surface area contributed by atoms with Crippen LogP contribution in [0.2, 0.25) is 0 Å². The summed E-state index contributed by atoms with van der Waals surface area (Å²) in [5.41, 5.74) is 0.290. The van der Waals surface area contributed by atoms with E-state index < -0.39 is 10.0 Å². The van der Waals surface area contributed by atoms with E-state index in [2.05, 4.69) is 21.5 Å². The number of benzene rings is 1. The Kier molecular flexibility index (Phi) is 7.57. The van der Waals surface area contributed by atoms with Gasteiger partial charge in [0.15, 0.2) is 0 Å². The van der Waals surface area contributed by atoms with Gasteiger partial charge >= 0.3 is 0 Å². The standard InChI is InChI=1S/C20H25N3O4S2/c1-2-8-21-20(24)16-5-3-6-17(14-16)29(25,26)22-15-18(19-7-4-13-28-19)23-9-11-27-12-10-23/h2-7,13-14,18,22H,1,8-12,15H2,(H,21,24). The Hall–Kier alpha value is -2.04. The van der Waals surface area contributed by atoms with Crippen molar-refractivity contribution in [2.24, 2.45) is 0 Å². The number of amides is 1. The van der Waals surface area contributed by atoms with E-state index in [4.69, 9.17) is 4.74 Å². The van der Waals surface area contributed by atoms with Gasteiger partial charge in [0, 0.05) is 36.6 Å². The Labute approximate surface area is 175 Å². The van der Waals surface area contributed by atoms with Crippen molar-refractivity contribution in [1.82, 2.24) is 14.9 Å². The summed E-state index contributed by atoms with van der Waals surface area (Å²) in [5.74, 6) is -0.341. The van der Waals surface area contributed by atoms with Crippen molar-refractivity contribution in [2.45, 2.75) is 10.9 Å². The number of hydrogen-bond donors (Lipinski definition) is 2. The molecule has 9 heteroatoms. The summed E-state index contributed by atoms with van der Waals surface area (Å²) in [6.45, 7) is 6.89. The second-order valence-corrected chi connectivity index (χ2v) is 9.30. The van der Waals surface area contributed by atoms with Crippen molar-refractivity contribution in [3.8, 4) is 0 Å². The van der Waals surface area contributed by atoms with E-state index in [-0.39, 0.29) is 29.0 Å². The molecule has 0 radical (unpaired) electrons. The predicted octanol–water partition coefficient (Wildman–Crippen LogP) is 2.02. The number of morpholine rings is 1. The maximum Gasteiger partial charge on any atom is 0.251 e. The molecule has 1 aromatic heterocycles. The smallest absolute Gasteiger partial charge is 0.251 e. The lowest BCUT2D eigenvalue weighted by molar-refractivity contribution is 0.0179. The minimum atomic E-state index is -3.77. The maximum atomic E-state index is 12.9. The molecule has 1 amide bonds. The van der Waals surface area contributed by atoms with E-state index in [9.17, 15) is 13.2 Å². The highest BCUT2D eigenvalue weighted by Crippen LogP contribution is 2.26. The molecule has 2 heterocycles. The summed E-state index contributed by atoms with van der Waals surface area (Å²) in [4.78, 5) is 15.5. The molecule has 1 atom stereocenters. The normalized spacial score (nSPS) is 16.3. The number of nitrogens with one attached hydrogen (secondary N) is 2. The number of carbonyl (C=O) groups is 1. The summed E-state index contributed by atoms with van der Waals surface area (Å²) in [5, 5.41) is 4.64. The third kappa shape index (κ3) is 5.74. The van der Waals surface area contributed by atoms with Crippen LogP contribution in [-0.2, 0) is 14.8 Å². The largest absolute Gasteiger partial charge is 0.379 e. The van der Waals surface area contributed by atoms with Crippen molar-refractivity contribution in [2.75, 3.05) is 39.4 Å². The quantitative estimate of drug-likeness (QED) is 0.589. The number of hydrogen-bond acceptors (Lipinski definition) is 6. The van der Waals surface area contributed by atoms with Crippen LogP contribution in [0.5, 0.6) is 0 Å². The lowest BCUT2D eigenvalue weighted by Gasteiger charge is -2.34. The van der Waals surface area contributed by atoms with Crippen molar-refractivity contribution in [3.63, 3.8) is 0 Å². The number of thiophene rings is 1. The van der Waals surface area contributed by atoms with Crippen LogP contribution >= 0.6 is 11.3 Å². The molecule has 3 rings (SSSR count). The molecule has 2 N–H and O–H groups in total. The SMILES string of the molecule is C=CCNC(=O)c1cccc(S(=O)(=O)NCC(c2cccs2)N2CCOCC2)c1. The zero-order chi connectivity index (χ0) is 20.7. The predicted molar refractivity (Wildman–Crippen MR) is 114 cm³/mol. The van der Waals surface area contributed by atoms with Crippen molar-refractivity contribution in [1.29, 1.82) is 0 Å². The Morgan fingerprint density at radius 1 is 1.28 bits per heavy atom. The van der Waals surface area contributed by atoms with Gasteiger partial charge in [-0.15, -0.1) is 17.9 Å². The van der Waals surface area contributed by atoms with Crippen LogP contribution in [0.25, 0.3) is 0 Å². The molecule has 0 bridgehead atoms. The number of carbonyl (C=O) groups excluding carboxylic acids is 1. The highest BCUT2D eigenvalue weighted by Gasteiger charge is 2.26. The van der Waals surface area contributed by atoms with Crippen LogP contribution in [0.3, 0.4) is 0 Å². The number of rotatable bonds is 9. The van der Waals surface area contributed by atoms with Gasteiger partial charge in [0.25, 0.3) is 5.91 Å². The minimum Gasteiger partial charge on any atom is -0.379 e. The molecule has 156 valence electrons. The van der Waals surface area contributed by atoms with E-state index in [1.807, 2.05) is 17.5 Å². The molecule has 2 aromatic rings. The third-order valence-corrected chi connectivity index (χ3v) is 7.03. The van der Waals surface area contributed by atoms with Gasteiger partial charge in [0.2, 0.25) is 10.0 Å². The first-order valence-electron chi connectivity index (χ1n) is 9.35. The van der Waals surface area contributed by atoms with Gasteiger partial charge in [-0.3, -0.25) is 9.69 Å². The highest BCUT2D eigenvalue weighted by molar-refractivity contribution is 7.89. The van der Waals surface area contributed by atoms with Crippen molar-refractivity contribution in [3.05, 3.63) is 64.9 Å². The molecular weight excluding hydrogens is 410 g/mol. The summed E-state index contributed by atoms with van der Waals surface area (Å²) in [7, 11) is -3.77. The van der Waals surface area contributed by atoms with Crippen molar-refractivity contribution >= 4 is 27.3 Å². The fourth-order valence-corrected chi connectivity index (χ4v) is 5.07. The lowest BCUT2D eigenvalue weighted by atomic mass is 10.2. The first-order valence-corrected chi connectivity index (χ1v) is 11.7. The van der Waals surface area contributed by atoms with E-state index >= 15 is 0 Å². The zero-order valence-electron chi connectivity index (χ0n) is 16.0. The Balaban J connectivity index is 1.74. The molecule has 1 aliphatic heterocycles. The summed E-state index contributed by atoms with van der Waals surface area (Å²) in [6.07, 6.45) is 1.57. The molecule has 29 heavy (non-hydrogen) atoms. The van der Waals surface area contributed by atoms with E-state index in [1.165, 1.54) is 12.1 Å². The molecule has 1 aliphatic rings. The Morgan fingerprint density at radius 2 is 2.07 bits per heavy atom. The topological polar surface area (TPSA) is 87.7 Å². The monoisotopic (exact) mass is 435 g/mol. The molecule has 7 nitrogen and oxygen atoms in total. The summed E-state index contributed by atoms with van der Waals surface area (Å²) < 4.78 is 33.9. The fraction of sp³-hybridized carbons (Fsp3) is 0.350. The summed E-state index contributed by atoms with van der Waals surface area (Å²) >= 11 is 1.61. The molecule has 0 aliphatic carbocycles. The van der Waals surface area contributed by atoms with Crippen LogP contribution < -0.4 is 10.0 Å². The van der Waals surface area contributed by atoms with Gasteiger partial charge in [0.05, 0.1) is 24.2 Å². The number of sulfonamides is 1. The van der Waals surface area contributed by atoms with Crippen LogP contribution in [0.4, 0.5) is 0 Å². The Bertz CT molecular complexity index is 923. The Morgan fingerprint density at radius 3 is 2.76 bits per heavy atom. The molecule has 1 saturated heterocycles. The molecular formula is C20H25N3O4S2. The van der Waals surface area contributed by atoms with Gasteiger partial charge in [-0.2, -0.15) is 0 Å². The first kappa shape index (κ1) is 21.7. The van der Waals surface area contributed by atoms with Gasteiger partial charge in [-0.1, -0.05) is 18.2 Å². The second kappa shape index (κ2) is 10.1. The van der Waals surface area contributed by atoms with Gasteiger partial charge in [0.1, 0.15) is 0 Å². The second-order valence-electron chi connectivity index (χ2n) is 6.56. The van der Waals surface area contributed by atoms with Gasteiger partial charge in [-0.25, -0.2) is 13.1 Å². The molecule has 0 spiro atoms. The minimum absolute atomic E-state index is 0.0623. The van der Waals surface area contributed by atoms with Crippen LogP contribution in [0.1, 0.15) is 21.3 Å². The number of nitrogens with zero attached hydrogens (tertiary/aromatic N) is 1. The maximum absolute atomic E-state index is 12.9. The van der Waals surface area contributed by atoms with Gasteiger partial charge in [-0.05, 0) is 29.6 Å². The summed E-state index contributed by atoms with van der Waals surface area (Å²) in [6, 6.07) is 9.94. The molecule has 1 aromatic carbocycles. The van der Waals surface area contributed by atoms with Crippen LogP contribution in [0.15, 0.2) is 59.3 Å². The molecule has 1 fully saturated rings. The number of ether oxygens (including phenoxy) is 1. The van der Waals surface area contributed by atoms with Crippen LogP contribution in [-0.4, -0.2) is 58.6 Å². The highest BCUT2D eigenvalue weighted by atomic mass is 32.2. The molecule has 1 unspecified atom stereocenters. The first-order chi connectivity index (χ1) is 14.0. The lowest BCUT2D eigenvalue weighted by Crippen LogP contribution is -2.43. The van der Waals surface area contributed by atoms with Gasteiger partial charge < -0.3 is 10.1 Å². The van der Waals surface area contributed by atoms with E-state index in [0.717, 1.165) is 18.0 Å². The van der Waals surface area contributed by atoms with E-state index in [0.29, 0.717) is 19.8 Å². The average molecular weight is 436 g/mol.